The molecule has 2 fully saturated rings. The maximum absolute atomic E-state index is 14.8. The van der Waals surface area contributed by atoms with Gasteiger partial charge >= 0.3 is 18.2 Å². The molecule has 0 saturated carbocycles. The molecule has 27 heteroatoms. The summed E-state index contributed by atoms with van der Waals surface area (Å²) in [5, 5.41) is 26.6. The van der Waals surface area contributed by atoms with Gasteiger partial charge in [-0.25, -0.2) is 9.59 Å². The van der Waals surface area contributed by atoms with E-state index in [9.17, 15) is 39.0 Å². The summed E-state index contributed by atoms with van der Waals surface area (Å²) in [6.45, 7) is 15.3. The van der Waals surface area contributed by atoms with E-state index in [2.05, 4.69) is 0 Å². The standard InChI is InChI=1S/C43H65Cl6N3O16.2Ac/c1-14-26-39(8,67-37(59)50-35(57)42(44,45)46)16-19(2)28(53)20(3)17-41(10,68-38(60)51-36(58)43(47,48)49)32(66-34-29(54)25(52(11)12)15-21(4)62-34)22(5)30(23(6)33(56)64-26)65-27-18-40(9,61-13)31(55)24(7)63-27;;/h16,20-27,29-32,34,54-55H,14-15,17-18H2,1-13H3,(H,50,57,59)(H,51,58,60);;/b19-16+;;/t20-,21-,22+,23-,24+,25+,26-,27+,29-,30+,31+,32-,34+,39+,40-,41-;;/m1../s1. The molecular formula is C43H65Ac2Cl6N3O16. The Morgan fingerprint density at radius 1 is 0.843 bits per heavy atom. The van der Waals surface area contributed by atoms with Crippen LogP contribution in [0, 0.1) is 106 Å². The van der Waals surface area contributed by atoms with Crippen LogP contribution in [0.5, 0.6) is 0 Å². The van der Waals surface area contributed by atoms with Crippen LogP contribution < -0.4 is 10.6 Å². The Balaban J connectivity index is 0.0000122. The van der Waals surface area contributed by atoms with Crippen LogP contribution in [0.3, 0.4) is 0 Å². The second-order valence-electron chi connectivity index (χ2n) is 18.6. The molecule has 0 bridgehead atoms. The fourth-order valence-electron chi connectivity index (χ4n) is 9.03. The number of cyclic esters (lactones) is 1. The molecule has 0 aliphatic carbocycles. The Kier molecular flexibility index (Phi) is 27.7. The quantitative estimate of drug-likeness (QED) is 0.118. The summed E-state index contributed by atoms with van der Waals surface area (Å²) in [5.74, 6) is -7.95. The van der Waals surface area contributed by atoms with E-state index in [4.69, 9.17) is 108 Å². The minimum Gasteiger partial charge on any atom is -0.457 e. The number of likely N-dealkylation sites (N-methyl/N-ethyl adjacent to an activating group) is 1. The Labute approximate surface area is 511 Å². The van der Waals surface area contributed by atoms with E-state index < -0.39 is 146 Å². The van der Waals surface area contributed by atoms with Crippen molar-refractivity contribution in [2.24, 2.45) is 17.8 Å². The first-order valence-electron chi connectivity index (χ1n) is 21.9. The zero-order valence-electron chi connectivity index (χ0n) is 41.4. The van der Waals surface area contributed by atoms with Crippen molar-refractivity contribution in [1.29, 1.82) is 0 Å². The van der Waals surface area contributed by atoms with E-state index in [-0.39, 0.29) is 107 Å². The number of Topliss-reactive ketones (excluding diaryl/α,β-unsaturated/α-hetero) is 1. The number of aliphatic hydroxyl groups excluding tert-OH is 2. The number of nitrogens with one attached hydrogen (secondary N) is 2. The van der Waals surface area contributed by atoms with Crippen molar-refractivity contribution < 1.29 is 165 Å². The number of alkyl carbamates (subject to hydrolysis) is 2. The van der Waals surface area contributed by atoms with Gasteiger partial charge in [0.15, 0.2) is 24.0 Å². The van der Waals surface area contributed by atoms with E-state index in [0.29, 0.717) is 6.42 Å². The van der Waals surface area contributed by atoms with Crippen LogP contribution in [0.2, 0.25) is 0 Å². The van der Waals surface area contributed by atoms with E-state index >= 15 is 0 Å². The molecule has 16 atom stereocenters. The molecule has 0 aromatic rings. The first-order valence-corrected chi connectivity index (χ1v) is 24.2. The van der Waals surface area contributed by atoms with E-state index in [1.807, 2.05) is 10.6 Å². The third-order valence-corrected chi connectivity index (χ3v) is 13.7. The average molecular weight is 1550 g/mol. The average Bonchev–Trinajstić information content (AvgIpc) is 3.21. The normalized spacial score (nSPS) is 37.7. The van der Waals surface area contributed by atoms with Crippen molar-refractivity contribution >= 4 is 105 Å². The third kappa shape index (κ3) is 18.1. The molecule has 3 aliphatic rings. The summed E-state index contributed by atoms with van der Waals surface area (Å²) in [4.78, 5) is 83.6. The van der Waals surface area contributed by atoms with Gasteiger partial charge in [0.2, 0.25) is 0 Å². The number of aliphatic hydroxyl groups is 2. The molecule has 70 heavy (non-hydrogen) atoms. The Morgan fingerprint density at radius 3 is 1.86 bits per heavy atom. The molecule has 4 amide bonds. The molecule has 0 aromatic heterocycles. The van der Waals surface area contributed by atoms with Gasteiger partial charge in [-0.3, -0.25) is 29.8 Å². The summed E-state index contributed by atoms with van der Waals surface area (Å²) < 4.78 is 44.4. The molecular weight excluding hydrogens is 1480 g/mol. The number of esters is 1. The van der Waals surface area contributed by atoms with Gasteiger partial charge in [-0.2, -0.15) is 0 Å². The van der Waals surface area contributed by atoms with Crippen LogP contribution in [0.1, 0.15) is 94.9 Å². The number of carbonyl (C=O) groups is 6. The molecule has 2 saturated heterocycles. The molecule has 3 heterocycles. The van der Waals surface area contributed by atoms with Crippen LogP contribution in [0.25, 0.3) is 0 Å². The van der Waals surface area contributed by atoms with Crippen molar-refractivity contribution in [3.63, 3.8) is 0 Å². The van der Waals surface area contributed by atoms with Gasteiger partial charge in [0.25, 0.3) is 19.4 Å². The zero-order valence-corrected chi connectivity index (χ0v) is 55.4. The number of ether oxygens (including phenoxy) is 8. The topological polar surface area (TPSA) is 244 Å². The van der Waals surface area contributed by atoms with Gasteiger partial charge < -0.3 is 53.0 Å². The molecule has 19 nitrogen and oxygen atoms in total. The summed E-state index contributed by atoms with van der Waals surface area (Å²) in [5.41, 5.74) is -5.35. The molecule has 0 aromatic carbocycles. The zero-order chi connectivity index (χ0) is 52.2. The molecule has 396 valence electrons. The predicted molar refractivity (Wildman–Crippen MR) is 250 cm³/mol. The number of alkyl halides is 6. The molecule has 0 unspecified atom stereocenters. The number of ketones is 1. The second-order valence-corrected chi connectivity index (χ2v) is 23.2. The van der Waals surface area contributed by atoms with E-state index in [1.54, 1.807) is 53.6 Å². The van der Waals surface area contributed by atoms with Crippen molar-refractivity contribution in [3.05, 3.63) is 11.6 Å². The molecule has 3 aliphatic heterocycles. The number of hydrogen-bond donors (Lipinski definition) is 4. The monoisotopic (exact) mass is 1540 g/mol. The number of methoxy groups -OCH3 is 1. The Bertz CT molecular complexity index is 1880. The van der Waals surface area contributed by atoms with Crippen LogP contribution in [0.15, 0.2) is 11.6 Å². The van der Waals surface area contributed by atoms with Gasteiger partial charge in [0.1, 0.15) is 30.0 Å². The fourth-order valence-corrected chi connectivity index (χ4v) is 9.32. The predicted octanol–water partition coefficient (Wildman–Crippen LogP) is 6.00. The Morgan fingerprint density at radius 2 is 1.37 bits per heavy atom. The number of allylic oxidation sites excluding steroid dienone is 1. The SMILES string of the molecule is CC[C@H]1OC(=O)[C@H](C)[C@@H](O[C@H]2C[C@@](C)(OC)[C@@H](O)[C@H](C)O2)[C@H](C)[C@@H](O[C@@H]2O[C@H](C)C[C@H](N(C)C)[C@H]2O)[C@](C)(OC(=O)NC(=O)C(Cl)(Cl)Cl)C[C@@H](C)C(=O)/C(C)=C/[C@]1(C)OC(=O)NC(=O)C(Cl)(Cl)Cl.[Ac].[Ac]. The van der Waals surface area contributed by atoms with Crippen molar-refractivity contribution in [1.82, 2.24) is 15.5 Å². The number of rotatable bonds is 9. The number of nitrogens with zero attached hydrogens (tertiary/aromatic N) is 1. The van der Waals surface area contributed by atoms with Gasteiger partial charge in [0, 0.05) is 120 Å². The number of imide groups is 2. The maximum Gasteiger partial charge on any atom is 0.414 e. The maximum atomic E-state index is 14.8. The van der Waals surface area contributed by atoms with Gasteiger partial charge in [0.05, 0.1) is 29.8 Å². The first kappa shape index (κ1) is 69.1. The Hall–Kier alpha value is 1.06. The minimum atomic E-state index is -2.62. The summed E-state index contributed by atoms with van der Waals surface area (Å²) in [6, 6.07) is -0.510. The largest absolute Gasteiger partial charge is 0.457 e. The fraction of sp³-hybridized carbons (Fsp3) is 0.814. The summed E-state index contributed by atoms with van der Waals surface area (Å²) >= 11 is 34.4. The van der Waals surface area contributed by atoms with Crippen molar-refractivity contribution in [3.8, 4) is 0 Å². The summed E-state index contributed by atoms with van der Waals surface area (Å²) in [7, 11) is 4.93. The first-order chi connectivity index (χ1) is 31.0. The van der Waals surface area contributed by atoms with Gasteiger partial charge in [-0.05, 0) is 93.5 Å². The minimum absolute atomic E-state index is 0. The number of amides is 4. The van der Waals surface area contributed by atoms with Crippen LogP contribution in [-0.2, 0) is 57.1 Å². The van der Waals surface area contributed by atoms with Crippen LogP contribution in [0.4, 0.5) is 9.59 Å². The number of hydrogen-bond acceptors (Lipinski definition) is 17. The smallest absolute Gasteiger partial charge is 0.414 e. The van der Waals surface area contributed by atoms with Crippen LogP contribution in [-0.4, -0.2) is 158 Å². The molecule has 3 rings (SSSR count). The molecule has 4 N–H and O–H groups in total. The number of carbonyl (C=O) groups excluding carboxylic acids is 6. The molecule has 2 radical (unpaired) electrons. The van der Waals surface area contributed by atoms with Crippen molar-refractivity contribution in [2.75, 3.05) is 21.2 Å². The van der Waals surface area contributed by atoms with Gasteiger partial charge in [-0.15, -0.1) is 0 Å². The van der Waals surface area contributed by atoms with Gasteiger partial charge in [-0.1, -0.05) is 90.4 Å². The number of halogens is 6. The van der Waals surface area contributed by atoms with E-state index in [0.717, 1.165) is 0 Å². The van der Waals surface area contributed by atoms with Crippen molar-refractivity contribution in [2.45, 2.75) is 181 Å². The third-order valence-electron chi connectivity index (χ3n) is 12.7. The second kappa shape index (κ2) is 28.1. The van der Waals surface area contributed by atoms with E-state index in [1.165, 1.54) is 47.8 Å². The van der Waals surface area contributed by atoms with Crippen LogP contribution >= 0.6 is 69.6 Å². The molecule has 0 spiro atoms. The summed E-state index contributed by atoms with van der Waals surface area (Å²) in [6.07, 6.45) is -12.5.